The van der Waals surface area contributed by atoms with Crippen molar-refractivity contribution in [3.05, 3.63) is 35.4 Å². The number of nitrogens with two attached hydrogens (primary N) is 1. The molecule has 1 aromatic carbocycles. The second kappa shape index (κ2) is 8.15. The molecule has 1 saturated heterocycles. The molecule has 0 atom stereocenters. The molecule has 2 N–H and O–H groups in total. The fourth-order valence-corrected chi connectivity index (χ4v) is 2.92. The summed E-state index contributed by atoms with van der Waals surface area (Å²) >= 11 is 0. The van der Waals surface area contributed by atoms with Gasteiger partial charge in [-0.2, -0.15) is 0 Å². The van der Waals surface area contributed by atoms with E-state index < -0.39 is 0 Å². The summed E-state index contributed by atoms with van der Waals surface area (Å²) in [5, 5.41) is 0. The second-order valence-corrected chi connectivity index (χ2v) is 5.79. The highest BCUT2D eigenvalue weighted by Gasteiger charge is 2.18. The van der Waals surface area contributed by atoms with Crippen LogP contribution in [-0.4, -0.2) is 55.0 Å². The Morgan fingerprint density at radius 3 is 2.76 bits per heavy atom. The van der Waals surface area contributed by atoms with Gasteiger partial charge in [0.2, 0.25) is 5.91 Å². The minimum absolute atomic E-state index is 0.285. The van der Waals surface area contributed by atoms with Crippen molar-refractivity contribution >= 4 is 5.91 Å². The van der Waals surface area contributed by atoms with Gasteiger partial charge in [-0.1, -0.05) is 24.3 Å². The molecule has 1 aliphatic rings. The van der Waals surface area contributed by atoms with E-state index in [4.69, 9.17) is 5.73 Å². The molecule has 2 rings (SSSR count). The minimum Gasteiger partial charge on any atom is -0.341 e. The first kappa shape index (κ1) is 16.0. The van der Waals surface area contributed by atoms with Gasteiger partial charge in [-0.25, -0.2) is 0 Å². The number of hydrogen-bond donors (Lipinski definition) is 1. The summed E-state index contributed by atoms with van der Waals surface area (Å²) in [7, 11) is 0. The van der Waals surface area contributed by atoms with E-state index in [9.17, 15) is 4.79 Å². The van der Waals surface area contributed by atoms with Gasteiger partial charge in [-0.15, -0.1) is 0 Å². The van der Waals surface area contributed by atoms with Crippen LogP contribution in [0.3, 0.4) is 0 Å². The van der Waals surface area contributed by atoms with Crippen molar-refractivity contribution in [1.29, 1.82) is 0 Å². The molecule has 1 amide bonds. The van der Waals surface area contributed by atoms with Gasteiger partial charge in [0.05, 0.1) is 0 Å². The smallest absolute Gasteiger partial charge is 0.222 e. The van der Waals surface area contributed by atoms with E-state index >= 15 is 0 Å². The number of nitrogens with zero attached hydrogens (tertiary/aromatic N) is 2. The van der Waals surface area contributed by atoms with E-state index in [1.807, 2.05) is 17.0 Å². The summed E-state index contributed by atoms with van der Waals surface area (Å²) in [4.78, 5) is 16.8. The largest absolute Gasteiger partial charge is 0.341 e. The minimum atomic E-state index is 0.285. The zero-order chi connectivity index (χ0) is 15.1. The molecule has 1 aliphatic heterocycles. The summed E-state index contributed by atoms with van der Waals surface area (Å²) in [6.07, 6.45) is 2.51. The number of amides is 1. The van der Waals surface area contributed by atoms with Crippen LogP contribution in [0.25, 0.3) is 0 Å². The van der Waals surface area contributed by atoms with E-state index in [1.165, 1.54) is 11.1 Å². The second-order valence-electron chi connectivity index (χ2n) is 5.79. The average Bonchev–Trinajstić information content (AvgIpc) is 2.72. The molecule has 21 heavy (non-hydrogen) atoms. The normalized spacial score (nSPS) is 16.8. The third-order valence-corrected chi connectivity index (χ3v) is 4.26. The zero-order valence-corrected chi connectivity index (χ0v) is 13.1. The lowest BCUT2D eigenvalue weighted by molar-refractivity contribution is -0.131. The van der Waals surface area contributed by atoms with Crippen LogP contribution in [0.2, 0.25) is 0 Å². The van der Waals surface area contributed by atoms with Gasteiger partial charge in [-0.05, 0) is 37.4 Å². The molecule has 0 unspecified atom stereocenters. The van der Waals surface area contributed by atoms with Crippen molar-refractivity contribution in [3.63, 3.8) is 0 Å². The predicted octanol–water partition coefficient (Wildman–Crippen LogP) is 1.42. The Labute approximate surface area is 127 Å². The standard InChI is InChI=1S/C17H27N3O/c1-15-5-2-3-6-16(15)7-8-17(21)20-11-4-10-19(12-9-18)13-14-20/h2-3,5-6H,4,7-14,18H2,1H3. The van der Waals surface area contributed by atoms with Gasteiger partial charge in [0, 0.05) is 39.1 Å². The Balaban J connectivity index is 1.82. The maximum atomic E-state index is 12.4. The number of carbonyl (C=O) groups is 1. The van der Waals surface area contributed by atoms with Crippen molar-refractivity contribution in [1.82, 2.24) is 9.80 Å². The molecule has 1 heterocycles. The number of hydrogen-bond acceptors (Lipinski definition) is 3. The molecule has 116 valence electrons. The summed E-state index contributed by atoms with van der Waals surface area (Å²) in [5.74, 6) is 0.285. The summed E-state index contributed by atoms with van der Waals surface area (Å²) in [6, 6.07) is 8.31. The Hall–Kier alpha value is -1.39. The van der Waals surface area contributed by atoms with Crippen LogP contribution < -0.4 is 5.73 Å². The van der Waals surface area contributed by atoms with Crippen molar-refractivity contribution in [2.24, 2.45) is 5.73 Å². The first-order valence-corrected chi connectivity index (χ1v) is 7.95. The number of benzene rings is 1. The molecule has 0 spiro atoms. The van der Waals surface area contributed by atoms with Gasteiger partial charge in [0.15, 0.2) is 0 Å². The van der Waals surface area contributed by atoms with Gasteiger partial charge < -0.3 is 15.5 Å². The molecule has 0 aromatic heterocycles. The Morgan fingerprint density at radius 2 is 2.00 bits per heavy atom. The van der Waals surface area contributed by atoms with Crippen LogP contribution in [0.5, 0.6) is 0 Å². The Kier molecular flexibility index (Phi) is 6.21. The molecule has 4 heteroatoms. The SMILES string of the molecule is Cc1ccccc1CCC(=O)N1CCCN(CCN)CC1. The van der Waals surface area contributed by atoms with Crippen molar-refractivity contribution in [2.75, 3.05) is 39.3 Å². The lowest BCUT2D eigenvalue weighted by Crippen LogP contribution is -2.36. The van der Waals surface area contributed by atoms with Crippen LogP contribution in [0.4, 0.5) is 0 Å². The van der Waals surface area contributed by atoms with Crippen molar-refractivity contribution in [2.45, 2.75) is 26.2 Å². The van der Waals surface area contributed by atoms with Crippen LogP contribution in [0, 0.1) is 6.92 Å². The van der Waals surface area contributed by atoms with E-state index in [0.29, 0.717) is 13.0 Å². The van der Waals surface area contributed by atoms with Crippen LogP contribution in [-0.2, 0) is 11.2 Å². The van der Waals surface area contributed by atoms with Gasteiger partial charge >= 0.3 is 0 Å². The number of rotatable bonds is 5. The molecule has 0 aliphatic carbocycles. The lowest BCUT2D eigenvalue weighted by Gasteiger charge is -2.21. The molecule has 1 aromatic rings. The quantitative estimate of drug-likeness (QED) is 0.892. The third-order valence-electron chi connectivity index (χ3n) is 4.26. The van der Waals surface area contributed by atoms with E-state index in [1.54, 1.807) is 0 Å². The van der Waals surface area contributed by atoms with E-state index in [2.05, 4.69) is 24.0 Å². The van der Waals surface area contributed by atoms with Crippen LogP contribution in [0.15, 0.2) is 24.3 Å². The third kappa shape index (κ3) is 4.83. The molecule has 1 fully saturated rings. The lowest BCUT2D eigenvalue weighted by atomic mass is 10.0. The fraction of sp³-hybridized carbons (Fsp3) is 0.588. The molecular formula is C17H27N3O. The number of aryl methyl sites for hydroxylation is 2. The van der Waals surface area contributed by atoms with Gasteiger partial charge in [0.25, 0.3) is 0 Å². The summed E-state index contributed by atoms with van der Waals surface area (Å²) in [5.41, 5.74) is 8.17. The first-order chi connectivity index (χ1) is 10.2. The maximum absolute atomic E-state index is 12.4. The van der Waals surface area contributed by atoms with Crippen LogP contribution in [0.1, 0.15) is 24.0 Å². The number of carbonyl (C=O) groups excluding carboxylic acids is 1. The Bertz CT molecular complexity index is 461. The molecule has 0 saturated carbocycles. The highest BCUT2D eigenvalue weighted by Crippen LogP contribution is 2.11. The van der Waals surface area contributed by atoms with Gasteiger partial charge in [-0.3, -0.25) is 4.79 Å². The maximum Gasteiger partial charge on any atom is 0.222 e. The van der Waals surface area contributed by atoms with Gasteiger partial charge in [0.1, 0.15) is 0 Å². The van der Waals surface area contributed by atoms with Crippen molar-refractivity contribution in [3.8, 4) is 0 Å². The highest BCUT2D eigenvalue weighted by molar-refractivity contribution is 5.76. The van der Waals surface area contributed by atoms with Crippen LogP contribution >= 0.6 is 0 Å². The summed E-state index contributed by atoms with van der Waals surface area (Å²) < 4.78 is 0. The monoisotopic (exact) mass is 289 g/mol. The van der Waals surface area contributed by atoms with E-state index in [0.717, 1.165) is 45.6 Å². The average molecular weight is 289 g/mol. The Morgan fingerprint density at radius 1 is 1.19 bits per heavy atom. The molecule has 0 bridgehead atoms. The molecule has 0 radical (unpaired) electrons. The van der Waals surface area contributed by atoms with E-state index in [-0.39, 0.29) is 5.91 Å². The fourth-order valence-electron chi connectivity index (χ4n) is 2.92. The first-order valence-electron chi connectivity index (χ1n) is 7.95. The molecule has 4 nitrogen and oxygen atoms in total. The molecular weight excluding hydrogens is 262 g/mol. The highest BCUT2D eigenvalue weighted by atomic mass is 16.2. The predicted molar refractivity (Wildman–Crippen MR) is 86.2 cm³/mol. The zero-order valence-electron chi connectivity index (χ0n) is 13.1. The topological polar surface area (TPSA) is 49.6 Å². The van der Waals surface area contributed by atoms with Crippen molar-refractivity contribution < 1.29 is 4.79 Å². The summed E-state index contributed by atoms with van der Waals surface area (Å²) in [6.45, 7) is 7.47.